The van der Waals surface area contributed by atoms with Gasteiger partial charge in [-0.25, -0.2) is 4.39 Å². The second kappa shape index (κ2) is 7.23. The van der Waals surface area contributed by atoms with Gasteiger partial charge >= 0.3 is 0 Å². The first-order valence-corrected chi connectivity index (χ1v) is 8.17. The standard InChI is InChI=1S/C18H26FNO2/c1-13(2)16(8-11-21)20-17(22)18(9-3-4-10-18)14-6-5-7-15(19)12-14/h5-7,12-13,16,21H,3-4,8-11H2,1-2H3,(H,20,22). The topological polar surface area (TPSA) is 49.3 Å². The highest BCUT2D eigenvalue weighted by molar-refractivity contribution is 5.88. The van der Waals surface area contributed by atoms with E-state index in [9.17, 15) is 14.3 Å². The average Bonchev–Trinajstić information content (AvgIpc) is 2.97. The molecule has 4 heteroatoms. The SMILES string of the molecule is CC(C)C(CCO)NC(=O)C1(c2cccc(F)c2)CCCC1. The van der Waals surface area contributed by atoms with Crippen molar-refractivity contribution in [3.8, 4) is 0 Å². The number of hydrogen-bond acceptors (Lipinski definition) is 2. The Morgan fingerprint density at radius 2 is 2.05 bits per heavy atom. The first-order valence-electron chi connectivity index (χ1n) is 8.17. The van der Waals surface area contributed by atoms with Crippen LogP contribution in [-0.4, -0.2) is 23.7 Å². The number of aliphatic hydroxyl groups excluding tert-OH is 1. The molecule has 122 valence electrons. The summed E-state index contributed by atoms with van der Waals surface area (Å²) in [4.78, 5) is 13.0. The van der Waals surface area contributed by atoms with Gasteiger partial charge in [-0.15, -0.1) is 0 Å². The lowest BCUT2D eigenvalue weighted by Crippen LogP contribution is -2.49. The molecule has 1 amide bonds. The molecule has 1 aliphatic carbocycles. The molecule has 3 nitrogen and oxygen atoms in total. The maximum Gasteiger partial charge on any atom is 0.230 e. The molecule has 1 fully saturated rings. The molecule has 1 unspecified atom stereocenters. The third-order valence-corrected chi connectivity index (χ3v) is 4.83. The molecule has 0 heterocycles. The molecule has 0 saturated heterocycles. The summed E-state index contributed by atoms with van der Waals surface area (Å²) in [5.74, 6) is -0.0721. The van der Waals surface area contributed by atoms with Gasteiger partial charge in [-0.2, -0.15) is 0 Å². The number of carbonyl (C=O) groups is 1. The van der Waals surface area contributed by atoms with E-state index in [4.69, 9.17) is 0 Å². The number of aliphatic hydroxyl groups is 1. The zero-order valence-electron chi connectivity index (χ0n) is 13.4. The van der Waals surface area contributed by atoms with Gasteiger partial charge in [-0.05, 0) is 42.9 Å². The number of benzene rings is 1. The molecule has 0 bridgehead atoms. The number of nitrogens with one attached hydrogen (secondary N) is 1. The van der Waals surface area contributed by atoms with Gasteiger partial charge in [0.05, 0.1) is 5.41 Å². The van der Waals surface area contributed by atoms with E-state index in [2.05, 4.69) is 5.32 Å². The second-order valence-electron chi connectivity index (χ2n) is 6.64. The highest BCUT2D eigenvalue weighted by Gasteiger charge is 2.43. The van der Waals surface area contributed by atoms with Crippen LogP contribution in [0.25, 0.3) is 0 Å². The summed E-state index contributed by atoms with van der Waals surface area (Å²) in [6, 6.07) is 6.37. The summed E-state index contributed by atoms with van der Waals surface area (Å²) < 4.78 is 13.6. The molecule has 0 aromatic heterocycles. The van der Waals surface area contributed by atoms with Gasteiger partial charge in [0.15, 0.2) is 0 Å². The fourth-order valence-corrected chi connectivity index (χ4v) is 3.43. The van der Waals surface area contributed by atoms with Crippen LogP contribution >= 0.6 is 0 Å². The van der Waals surface area contributed by atoms with Crippen LogP contribution in [0, 0.1) is 11.7 Å². The summed E-state index contributed by atoms with van der Waals surface area (Å²) >= 11 is 0. The average molecular weight is 307 g/mol. The van der Waals surface area contributed by atoms with Crippen molar-refractivity contribution >= 4 is 5.91 Å². The Morgan fingerprint density at radius 1 is 1.36 bits per heavy atom. The molecule has 1 aromatic rings. The van der Waals surface area contributed by atoms with Crippen molar-refractivity contribution in [2.45, 2.75) is 57.4 Å². The highest BCUT2D eigenvalue weighted by Crippen LogP contribution is 2.41. The normalized spacial score (nSPS) is 18.4. The van der Waals surface area contributed by atoms with Gasteiger partial charge < -0.3 is 10.4 Å². The largest absolute Gasteiger partial charge is 0.396 e. The van der Waals surface area contributed by atoms with Crippen LogP contribution in [0.4, 0.5) is 4.39 Å². The molecule has 2 N–H and O–H groups in total. The smallest absolute Gasteiger partial charge is 0.230 e. The Hall–Kier alpha value is -1.42. The molecular weight excluding hydrogens is 281 g/mol. The summed E-state index contributed by atoms with van der Waals surface area (Å²) in [5, 5.41) is 12.3. The predicted molar refractivity (Wildman–Crippen MR) is 85.0 cm³/mol. The quantitative estimate of drug-likeness (QED) is 0.848. The van der Waals surface area contributed by atoms with Crippen molar-refractivity contribution in [2.75, 3.05) is 6.61 Å². The predicted octanol–water partition coefficient (Wildman–Crippen LogP) is 3.16. The van der Waals surface area contributed by atoms with Gasteiger partial charge in [0.1, 0.15) is 5.82 Å². The van der Waals surface area contributed by atoms with Gasteiger partial charge in [0.25, 0.3) is 0 Å². The van der Waals surface area contributed by atoms with E-state index in [1.54, 1.807) is 6.07 Å². The van der Waals surface area contributed by atoms with Gasteiger partial charge in [0, 0.05) is 12.6 Å². The highest BCUT2D eigenvalue weighted by atomic mass is 19.1. The van der Waals surface area contributed by atoms with Crippen molar-refractivity contribution in [1.82, 2.24) is 5.32 Å². The molecule has 1 atom stereocenters. The minimum atomic E-state index is -0.620. The fourth-order valence-electron chi connectivity index (χ4n) is 3.43. The van der Waals surface area contributed by atoms with Crippen molar-refractivity contribution in [3.63, 3.8) is 0 Å². The molecule has 1 saturated carbocycles. The zero-order chi connectivity index (χ0) is 16.2. The lowest BCUT2D eigenvalue weighted by atomic mass is 9.77. The third-order valence-electron chi connectivity index (χ3n) is 4.83. The Bertz CT molecular complexity index is 510. The van der Waals surface area contributed by atoms with E-state index < -0.39 is 5.41 Å². The minimum Gasteiger partial charge on any atom is -0.396 e. The van der Waals surface area contributed by atoms with E-state index in [-0.39, 0.29) is 30.3 Å². The van der Waals surface area contributed by atoms with E-state index in [1.165, 1.54) is 12.1 Å². The first-order chi connectivity index (χ1) is 10.5. The second-order valence-corrected chi connectivity index (χ2v) is 6.64. The van der Waals surface area contributed by atoms with Crippen LogP contribution in [0.2, 0.25) is 0 Å². The van der Waals surface area contributed by atoms with Crippen LogP contribution < -0.4 is 5.32 Å². The molecule has 0 spiro atoms. The minimum absolute atomic E-state index is 0.0252. The molecular formula is C18H26FNO2. The molecule has 0 aliphatic heterocycles. The molecule has 1 aliphatic rings. The van der Waals surface area contributed by atoms with Gasteiger partial charge in [-0.1, -0.05) is 38.8 Å². The monoisotopic (exact) mass is 307 g/mol. The zero-order valence-corrected chi connectivity index (χ0v) is 13.4. The Morgan fingerprint density at radius 3 is 2.59 bits per heavy atom. The first kappa shape index (κ1) is 16.9. The molecule has 1 aromatic carbocycles. The lowest BCUT2D eigenvalue weighted by molar-refractivity contribution is -0.127. The van der Waals surface area contributed by atoms with Crippen molar-refractivity contribution in [3.05, 3.63) is 35.6 Å². The Labute approximate surface area is 131 Å². The van der Waals surface area contributed by atoms with Crippen molar-refractivity contribution < 1.29 is 14.3 Å². The summed E-state index contributed by atoms with van der Waals surface area (Å²) in [5.41, 5.74) is 0.152. The van der Waals surface area contributed by atoms with Crippen molar-refractivity contribution in [1.29, 1.82) is 0 Å². The summed E-state index contributed by atoms with van der Waals surface area (Å²) in [7, 11) is 0. The van der Waals surface area contributed by atoms with E-state index in [1.807, 2.05) is 19.9 Å². The molecule has 22 heavy (non-hydrogen) atoms. The van der Waals surface area contributed by atoms with Crippen LogP contribution in [0.15, 0.2) is 24.3 Å². The van der Waals surface area contributed by atoms with Crippen LogP contribution in [0.1, 0.15) is 51.5 Å². The number of carbonyl (C=O) groups excluding carboxylic acids is 1. The fraction of sp³-hybridized carbons (Fsp3) is 0.611. The van der Waals surface area contributed by atoms with E-state index in [0.717, 1.165) is 31.2 Å². The van der Waals surface area contributed by atoms with Gasteiger partial charge in [0.2, 0.25) is 5.91 Å². The number of hydrogen-bond donors (Lipinski definition) is 2. The summed E-state index contributed by atoms with van der Waals surface area (Å²) in [6.45, 7) is 4.12. The molecule has 2 rings (SSSR count). The van der Waals surface area contributed by atoms with Crippen LogP contribution in [-0.2, 0) is 10.2 Å². The third kappa shape index (κ3) is 3.49. The molecule has 0 radical (unpaired) electrons. The summed E-state index contributed by atoms with van der Waals surface area (Å²) in [6.07, 6.45) is 4.02. The Kier molecular flexibility index (Phi) is 5.57. The maximum absolute atomic E-state index is 13.6. The maximum atomic E-state index is 13.6. The van der Waals surface area contributed by atoms with E-state index >= 15 is 0 Å². The number of halogens is 1. The number of rotatable bonds is 6. The van der Waals surface area contributed by atoms with Crippen LogP contribution in [0.5, 0.6) is 0 Å². The lowest BCUT2D eigenvalue weighted by Gasteiger charge is -2.32. The van der Waals surface area contributed by atoms with E-state index in [0.29, 0.717) is 6.42 Å². The Balaban J connectivity index is 2.25. The van der Waals surface area contributed by atoms with Gasteiger partial charge in [-0.3, -0.25) is 4.79 Å². The van der Waals surface area contributed by atoms with Crippen LogP contribution in [0.3, 0.4) is 0 Å². The van der Waals surface area contributed by atoms with Crippen molar-refractivity contribution in [2.24, 2.45) is 5.92 Å². The number of amides is 1.